The molecular formula is C10H14ClNO. The second-order valence-electron chi connectivity index (χ2n) is 2.89. The standard InChI is InChI=1S/C10H14ClNO/c1-13-9(7-12)6-8-4-2-3-5-10(8)11/h2-5,9H,6-7,12H2,1H3. The average molecular weight is 200 g/mol. The van der Waals surface area contributed by atoms with Gasteiger partial charge in [0.1, 0.15) is 0 Å². The van der Waals surface area contributed by atoms with Gasteiger partial charge in [-0.1, -0.05) is 29.8 Å². The van der Waals surface area contributed by atoms with Crippen LogP contribution in [-0.4, -0.2) is 19.8 Å². The van der Waals surface area contributed by atoms with E-state index in [0.29, 0.717) is 6.54 Å². The Morgan fingerprint density at radius 3 is 2.69 bits per heavy atom. The van der Waals surface area contributed by atoms with Crippen LogP contribution >= 0.6 is 11.6 Å². The minimum atomic E-state index is 0.0555. The largest absolute Gasteiger partial charge is 0.380 e. The first kappa shape index (κ1) is 10.5. The molecule has 0 fully saturated rings. The number of halogens is 1. The van der Waals surface area contributed by atoms with Gasteiger partial charge in [-0.3, -0.25) is 0 Å². The Morgan fingerprint density at radius 1 is 1.46 bits per heavy atom. The van der Waals surface area contributed by atoms with Gasteiger partial charge in [0.25, 0.3) is 0 Å². The summed E-state index contributed by atoms with van der Waals surface area (Å²) in [5, 5.41) is 0.776. The molecule has 3 heteroatoms. The van der Waals surface area contributed by atoms with Gasteiger partial charge < -0.3 is 10.5 Å². The minimum absolute atomic E-state index is 0.0555. The molecule has 0 bridgehead atoms. The van der Waals surface area contributed by atoms with Crippen LogP contribution in [0.5, 0.6) is 0 Å². The molecule has 2 nitrogen and oxygen atoms in total. The van der Waals surface area contributed by atoms with E-state index >= 15 is 0 Å². The summed E-state index contributed by atoms with van der Waals surface area (Å²) in [5.74, 6) is 0. The average Bonchev–Trinajstić information content (AvgIpc) is 2.17. The van der Waals surface area contributed by atoms with E-state index in [4.69, 9.17) is 22.1 Å². The van der Waals surface area contributed by atoms with Crippen LogP contribution in [0.3, 0.4) is 0 Å². The van der Waals surface area contributed by atoms with Crippen molar-refractivity contribution in [2.75, 3.05) is 13.7 Å². The number of benzene rings is 1. The Morgan fingerprint density at radius 2 is 2.15 bits per heavy atom. The summed E-state index contributed by atoms with van der Waals surface area (Å²) in [5.41, 5.74) is 6.60. The van der Waals surface area contributed by atoms with Crippen LogP contribution in [0.15, 0.2) is 24.3 Å². The van der Waals surface area contributed by atoms with E-state index in [1.54, 1.807) is 7.11 Å². The predicted octanol–water partition coefficient (Wildman–Crippen LogP) is 1.86. The van der Waals surface area contributed by atoms with Gasteiger partial charge in [-0.15, -0.1) is 0 Å². The van der Waals surface area contributed by atoms with Crippen LogP contribution in [0.25, 0.3) is 0 Å². The Bertz CT molecular complexity index is 261. The molecule has 0 spiro atoms. The molecule has 0 aliphatic heterocycles. The van der Waals surface area contributed by atoms with Crippen molar-refractivity contribution in [3.05, 3.63) is 34.9 Å². The molecule has 0 saturated carbocycles. The summed E-state index contributed by atoms with van der Waals surface area (Å²) in [4.78, 5) is 0. The molecule has 72 valence electrons. The van der Waals surface area contributed by atoms with Gasteiger partial charge in [0, 0.05) is 25.1 Å². The molecule has 0 radical (unpaired) electrons. The smallest absolute Gasteiger partial charge is 0.0734 e. The van der Waals surface area contributed by atoms with Gasteiger partial charge in [0.15, 0.2) is 0 Å². The number of ether oxygens (including phenoxy) is 1. The highest BCUT2D eigenvalue weighted by atomic mass is 35.5. The lowest BCUT2D eigenvalue weighted by molar-refractivity contribution is 0.110. The molecule has 1 atom stereocenters. The summed E-state index contributed by atoms with van der Waals surface area (Å²) in [7, 11) is 1.66. The lowest BCUT2D eigenvalue weighted by atomic mass is 10.1. The minimum Gasteiger partial charge on any atom is -0.380 e. The lowest BCUT2D eigenvalue weighted by Gasteiger charge is -2.13. The van der Waals surface area contributed by atoms with E-state index < -0.39 is 0 Å². The molecule has 1 aromatic rings. The first-order valence-electron chi connectivity index (χ1n) is 4.24. The van der Waals surface area contributed by atoms with Crippen molar-refractivity contribution < 1.29 is 4.74 Å². The predicted molar refractivity (Wildman–Crippen MR) is 55.0 cm³/mol. The molecule has 0 aliphatic rings. The summed E-state index contributed by atoms with van der Waals surface area (Å²) < 4.78 is 5.17. The molecule has 1 aromatic carbocycles. The van der Waals surface area contributed by atoms with Crippen LogP contribution in [0, 0.1) is 0 Å². The first-order valence-corrected chi connectivity index (χ1v) is 4.62. The number of rotatable bonds is 4. The molecule has 0 saturated heterocycles. The van der Waals surface area contributed by atoms with E-state index in [-0.39, 0.29) is 6.10 Å². The Kier molecular flexibility index (Phi) is 4.22. The highest BCUT2D eigenvalue weighted by Gasteiger charge is 2.07. The maximum Gasteiger partial charge on any atom is 0.0734 e. The number of methoxy groups -OCH3 is 1. The topological polar surface area (TPSA) is 35.2 Å². The summed E-state index contributed by atoms with van der Waals surface area (Å²) in [6.07, 6.45) is 0.826. The maximum atomic E-state index is 5.99. The zero-order valence-corrected chi connectivity index (χ0v) is 8.42. The Balaban J connectivity index is 2.67. The monoisotopic (exact) mass is 199 g/mol. The van der Waals surface area contributed by atoms with E-state index in [0.717, 1.165) is 17.0 Å². The summed E-state index contributed by atoms with van der Waals surface area (Å²) in [6.45, 7) is 0.516. The van der Waals surface area contributed by atoms with Gasteiger partial charge in [-0.05, 0) is 11.6 Å². The third kappa shape index (κ3) is 2.99. The third-order valence-corrected chi connectivity index (χ3v) is 2.37. The second kappa shape index (κ2) is 5.22. The maximum absolute atomic E-state index is 5.99. The normalized spacial score (nSPS) is 12.8. The fourth-order valence-corrected chi connectivity index (χ4v) is 1.38. The SMILES string of the molecule is COC(CN)Cc1ccccc1Cl. The molecule has 13 heavy (non-hydrogen) atoms. The molecule has 2 N–H and O–H groups in total. The summed E-state index contributed by atoms with van der Waals surface area (Å²) in [6, 6.07) is 7.74. The van der Waals surface area contributed by atoms with Crippen molar-refractivity contribution in [1.29, 1.82) is 0 Å². The zero-order chi connectivity index (χ0) is 9.68. The molecular weight excluding hydrogens is 186 g/mol. The third-order valence-electron chi connectivity index (χ3n) is 2.00. The van der Waals surface area contributed by atoms with E-state index in [1.807, 2.05) is 24.3 Å². The second-order valence-corrected chi connectivity index (χ2v) is 3.30. The number of nitrogens with two attached hydrogens (primary N) is 1. The van der Waals surface area contributed by atoms with Crippen molar-refractivity contribution in [3.8, 4) is 0 Å². The quantitative estimate of drug-likeness (QED) is 0.804. The van der Waals surface area contributed by atoms with Crippen LogP contribution in [0.4, 0.5) is 0 Å². The van der Waals surface area contributed by atoms with Gasteiger partial charge in [0.2, 0.25) is 0 Å². The van der Waals surface area contributed by atoms with Crippen LogP contribution in [0.1, 0.15) is 5.56 Å². The molecule has 1 rings (SSSR count). The number of hydrogen-bond acceptors (Lipinski definition) is 2. The Labute approximate surface area is 83.6 Å². The van der Waals surface area contributed by atoms with Crippen molar-refractivity contribution in [3.63, 3.8) is 0 Å². The van der Waals surface area contributed by atoms with Crippen molar-refractivity contribution >= 4 is 11.6 Å². The van der Waals surface area contributed by atoms with Gasteiger partial charge in [-0.25, -0.2) is 0 Å². The fourth-order valence-electron chi connectivity index (χ4n) is 1.17. The van der Waals surface area contributed by atoms with Crippen molar-refractivity contribution in [1.82, 2.24) is 0 Å². The van der Waals surface area contributed by atoms with E-state index in [9.17, 15) is 0 Å². The van der Waals surface area contributed by atoms with E-state index in [2.05, 4.69) is 0 Å². The number of hydrogen-bond donors (Lipinski definition) is 1. The lowest BCUT2D eigenvalue weighted by Crippen LogP contribution is -2.24. The van der Waals surface area contributed by atoms with Crippen LogP contribution in [-0.2, 0) is 11.2 Å². The summed E-state index contributed by atoms with van der Waals surface area (Å²) >= 11 is 5.99. The molecule has 0 aromatic heterocycles. The molecule has 0 amide bonds. The van der Waals surface area contributed by atoms with Crippen LogP contribution < -0.4 is 5.73 Å². The molecule has 0 heterocycles. The fraction of sp³-hybridized carbons (Fsp3) is 0.400. The Hall–Kier alpha value is -0.570. The zero-order valence-electron chi connectivity index (χ0n) is 7.66. The highest BCUT2D eigenvalue weighted by Crippen LogP contribution is 2.16. The van der Waals surface area contributed by atoms with Crippen molar-refractivity contribution in [2.45, 2.75) is 12.5 Å². The van der Waals surface area contributed by atoms with E-state index in [1.165, 1.54) is 0 Å². The highest BCUT2D eigenvalue weighted by molar-refractivity contribution is 6.31. The van der Waals surface area contributed by atoms with Gasteiger partial charge >= 0.3 is 0 Å². The van der Waals surface area contributed by atoms with Crippen LogP contribution in [0.2, 0.25) is 5.02 Å². The molecule has 1 unspecified atom stereocenters. The van der Waals surface area contributed by atoms with Gasteiger partial charge in [0.05, 0.1) is 6.10 Å². The van der Waals surface area contributed by atoms with Gasteiger partial charge in [-0.2, -0.15) is 0 Å². The first-order chi connectivity index (χ1) is 6.27. The van der Waals surface area contributed by atoms with Crippen molar-refractivity contribution in [2.24, 2.45) is 5.73 Å². The molecule has 0 aliphatic carbocycles.